The van der Waals surface area contributed by atoms with Crippen molar-refractivity contribution in [1.82, 2.24) is 10.2 Å². The Morgan fingerprint density at radius 1 is 0.953 bits per heavy atom. The lowest BCUT2D eigenvalue weighted by molar-refractivity contribution is -0.137. The first-order valence-electron chi connectivity index (χ1n) is 13.2. The molecule has 10 N–H and O–H groups in total. The van der Waals surface area contributed by atoms with Gasteiger partial charge in [0.1, 0.15) is 6.04 Å². The van der Waals surface area contributed by atoms with Gasteiger partial charge in [0.2, 0.25) is 17.7 Å². The van der Waals surface area contributed by atoms with Crippen LogP contribution in [-0.4, -0.2) is 78.1 Å². The van der Waals surface area contributed by atoms with Crippen LogP contribution in [0.1, 0.15) is 30.4 Å². The second-order valence-electron chi connectivity index (χ2n) is 9.63. The van der Waals surface area contributed by atoms with Crippen molar-refractivity contribution in [3.8, 4) is 0 Å². The van der Waals surface area contributed by atoms with E-state index in [9.17, 15) is 46.4 Å². The molecule has 236 valence electrons. The highest BCUT2D eigenvalue weighted by atomic mass is 19.4. The number of carbonyl (C=O) groups excluding carboxylic acids is 3. The summed E-state index contributed by atoms with van der Waals surface area (Å²) < 4.78 is 67.1. The predicted molar refractivity (Wildman–Crippen MR) is 148 cm³/mol. The topological polar surface area (TPSA) is 197 Å². The van der Waals surface area contributed by atoms with Crippen LogP contribution in [0.25, 0.3) is 0 Å². The zero-order valence-electron chi connectivity index (χ0n) is 23.0. The molecular formula is C26H34BF5N6O5. The number of anilines is 1. The number of rotatable bonds is 15. The number of benzene rings is 2. The van der Waals surface area contributed by atoms with E-state index >= 15 is 0 Å². The van der Waals surface area contributed by atoms with Crippen molar-refractivity contribution in [2.45, 2.75) is 43.9 Å². The third-order valence-electron chi connectivity index (χ3n) is 6.40. The highest BCUT2D eigenvalue weighted by Gasteiger charge is 2.30. The third kappa shape index (κ3) is 10.9. The zero-order valence-corrected chi connectivity index (χ0v) is 23.0. The van der Waals surface area contributed by atoms with E-state index in [1.807, 2.05) is 0 Å². The summed E-state index contributed by atoms with van der Waals surface area (Å²) in [5.41, 5.74) is 15.2. The maximum Gasteiger partial charge on any atom is 0.488 e. The highest BCUT2D eigenvalue weighted by molar-refractivity contribution is 6.58. The van der Waals surface area contributed by atoms with E-state index in [4.69, 9.17) is 17.2 Å². The molecule has 2 rings (SSSR count). The van der Waals surface area contributed by atoms with Gasteiger partial charge in [0.25, 0.3) is 0 Å². The molecule has 0 aliphatic carbocycles. The molecule has 43 heavy (non-hydrogen) atoms. The molecular weight excluding hydrogens is 582 g/mol. The second kappa shape index (κ2) is 16.3. The Hall–Kier alpha value is -3.64. The van der Waals surface area contributed by atoms with E-state index in [0.29, 0.717) is 11.6 Å². The number of nitrogens with one attached hydrogen (secondary N) is 2. The Morgan fingerprint density at radius 3 is 2.09 bits per heavy atom. The summed E-state index contributed by atoms with van der Waals surface area (Å²) in [5, 5.41) is 23.1. The second-order valence-corrected chi connectivity index (χ2v) is 9.63. The first-order valence-corrected chi connectivity index (χ1v) is 13.2. The van der Waals surface area contributed by atoms with Gasteiger partial charge in [0, 0.05) is 32.6 Å². The van der Waals surface area contributed by atoms with Gasteiger partial charge in [0.15, 0.2) is 11.6 Å². The molecule has 3 amide bonds. The van der Waals surface area contributed by atoms with Gasteiger partial charge in [0.05, 0.1) is 17.3 Å². The summed E-state index contributed by atoms with van der Waals surface area (Å²) >= 11 is 0. The quantitative estimate of drug-likeness (QED) is 0.103. The Bertz CT molecular complexity index is 1250. The monoisotopic (exact) mass is 616 g/mol. The molecule has 2 aromatic rings. The fourth-order valence-corrected chi connectivity index (χ4v) is 4.03. The summed E-state index contributed by atoms with van der Waals surface area (Å²) in [4.78, 5) is 39.8. The van der Waals surface area contributed by atoms with Crippen LogP contribution in [0.2, 0.25) is 0 Å². The molecule has 0 saturated heterocycles. The van der Waals surface area contributed by atoms with Gasteiger partial charge in [-0.05, 0) is 54.6 Å². The Balaban J connectivity index is 2.20. The highest BCUT2D eigenvalue weighted by Crippen LogP contribution is 2.29. The van der Waals surface area contributed by atoms with Crippen molar-refractivity contribution >= 4 is 36.0 Å². The smallest absolute Gasteiger partial charge is 0.423 e. The molecule has 0 aliphatic heterocycles. The van der Waals surface area contributed by atoms with Crippen LogP contribution in [-0.2, 0) is 27.0 Å². The number of halogens is 5. The van der Waals surface area contributed by atoms with Gasteiger partial charge in [-0.3, -0.25) is 14.4 Å². The third-order valence-corrected chi connectivity index (χ3v) is 6.40. The molecule has 11 nitrogen and oxygen atoms in total. The average Bonchev–Trinajstić information content (AvgIpc) is 2.95. The molecule has 0 saturated carbocycles. The molecule has 0 bridgehead atoms. The van der Waals surface area contributed by atoms with E-state index < -0.39 is 65.5 Å². The van der Waals surface area contributed by atoms with Gasteiger partial charge < -0.3 is 42.8 Å². The van der Waals surface area contributed by atoms with E-state index in [2.05, 4.69) is 10.6 Å². The van der Waals surface area contributed by atoms with E-state index in [-0.39, 0.29) is 57.8 Å². The van der Waals surface area contributed by atoms with Gasteiger partial charge in [-0.15, -0.1) is 0 Å². The van der Waals surface area contributed by atoms with Gasteiger partial charge >= 0.3 is 13.3 Å². The minimum Gasteiger partial charge on any atom is -0.423 e. The Morgan fingerprint density at radius 2 is 1.56 bits per heavy atom. The fraction of sp³-hybridized carbons (Fsp3) is 0.423. The molecule has 0 spiro atoms. The predicted octanol–water partition coefficient (Wildman–Crippen LogP) is -0.427. The molecule has 0 aliphatic rings. The maximum atomic E-state index is 14.4. The van der Waals surface area contributed by atoms with Crippen LogP contribution in [0.3, 0.4) is 0 Å². The van der Waals surface area contributed by atoms with Gasteiger partial charge in [-0.2, -0.15) is 13.2 Å². The number of amides is 3. The van der Waals surface area contributed by atoms with Crippen molar-refractivity contribution < 1.29 is 46.4 Å². The number of carbonyl (C=O) groups is 3. The molecule has 0 aromatic heterocycles. The summed E-state index contributed by atoms with van der Waals surface area (Å²) in [6.07, 6.45) is -5.06. The van der Waals surface area contributed by atoms with Crippen LogP contribution >= 0.6 is 0 Å². The van der Waals surface area contributed by atoms with Crippen molar-refractivity contribution in [3.63, 3.8) is 0 Å². The van der Waals surface area contributed by atoms with Crippen molar-refractivity contribution in [2.24, 2.45) is 17.2 Å². The summed E-state index contributed by atoms with van der Waals surface area (Å²) in [5.74, 6) is -5.27. The number of aryl methyl sites for hydroxylation is 1. The Kier molecular flexibility index (Phi) is 13.5. The first-order chi connectivity index (χ1) is 20.2. The lowest BCUT2D eigenvalue weighted by Gasteiger charge is -2.23. The van der Waals surface area contributed by atoms with Crippen molar-refractivity contribution in [3.05, 3.63) is 59.2 Å². The van der Waals surface area contributed by atoms with Crippen molar-refractivity contribution in [2.75, 3.05) is 31.5 Å². The van der Waals surface area contributed by atoms with E-state index in [1.165, 1.54) is 17.0 Å². The zero-order chi connectivity index (χ0) is 32.3. The standard InChI is InChI=1S/C26H34BF5N6O5/c28-18-13-17(27(42)43)14-21(23(18)29)37-25(41)20(7-3-15-1-4-16(5-2-15)26(30,31)32)36-24(40)19(35)6-8-22(39)38(11-9-33)12-10-34/h1-2,4-5,13-14,19-20,42-43H,3,6-12,33-35H2,(H,36,40)(H,37,41)/t19-,20+/m0/s1. The lowest BCUT2D eigenvalue weighted by atomic mass is 9.80. The molecule has 0 unspecified atom stereocenters. The number of hydrogen-bond acceptors (Lipinski definition) is 8. The summed E-state index contributed by atoms with van der Waals surface area (Å²) in [6, 6.07) is 2.64. The number of nitrogens with two attached hydrogens (primary N) is 3. The molecule has 0 fully saturated rings. The van der Waals surface area contributed by atoms with E-state index in [0.717, 1.165) is 18.2 Å². The van der Waals surface area contributed by atoms with Crippen LogP contribution in [0.15, 0.2) is 36.4 Å². The average molecular weight is 616 g/mol. The molecule has 0 radical (unpaired) electrons. The van der Waals surface area contributed by atoms with Gasteiger partial charge in [-0.25, -0.2) is 8.78 Å². The minimum absolute atomic E-state index is 0.0242. The lowest BCUT2D eigenvalue weighted by Crippen LogP contribution is -2.50. The maximum absolute atomic E-state index is 14.4. The largest absolute Gasteiger partial charge is 0.488 e. The van der Waals surface area contributed by atoms with Crippen LogP contribution < -0.4 is 33.3 Å². The Labute approximate surface area is 244 Å². The molecule has 2 atom stereocenters. The van der Waals surface area contributed by atoms with Crippen LogP contribution in [0.5, 0.6) is 0 Å². The number of nitrogens with zero attached hydrogens (tertiary/aromatic N) is 1. The molecule has 2 aromatic carbocycles. The van der Waals surface area contributed by atoms with Crippen LogP contribution in [0.4, 0.5) is 27.6 Å². The van der Waals surface area contributed by atoms with Crippen molar-refractivity contribution in [1.29, 1.82) is 0 Å². The van der Waals surface area contributed by atoms with Crippen LogP contribution in [0, 0.1) is 11.6 Å². The minimum atomic E-state index is -4.56. The van der Waals surface area contributed by atoms with E-state index in [1.54, 1.807) is 0 Å². The SMILES string of the molecule is NCCN(CCN)C(=O)CC[C@H](N)C(=O)N[C@H](CCc1ccc(C(F)(F)F)cc1)C(=O)Nc1cc(B(O)O)cc(F)c1F. The fourth-order valence-electron chi connectivity index (χ4n) is 4.03. The summed E-state index contributed by atoms with van der Waals surface area (Å²) in [7, 11) is -2.19. The number of hydrogen-bond donors (Lipinski definition) is 7. The summed E-state index contributed by atoms with van der Waals surface area (Å²) in [6.45, 7) is 0.877. The normalized spacial score (nSPS) is 12.8. The first kappa shape index (κ1) is 35.6. The molecule has 0 heterocycles. The number of alkyl halides is 3. The molecule has 17 heteroatoms. The van der Waals surface area contributed by atoms with Gasteiger partial charge in [-0.1, -0.05) is 12.1 Å².